The van der Waals surface area contributed by atoms with Crippen LogP contribution in [0.15, 0.2) is 30.5 Å². The Morgan fingerprint density at radius 1 is 1.29 bits per heavy atom. The van der Waals surface area contributed by atoms with Gasteiger partial charge in [0.25, 0.3) is 0 Å². The lowest BCUT2D eigenvalue weighted by Crippen LogP contribution is -2.48. The maximum Gasteiger partial charge on any atom is 0.223 e. The predicted octanol–water partition coefficient (Wildman–Crippen LogP) is 2.74. The van der Waals surface area contributed by atoms with E-state index in [1.54, 1.807) is 0 Å². The van der Waals surface area contributed by atoms with Crippen LogP contribution in [0.4, 0.5) is 0 Å². The van der Waals surface area contributed by atoms with Gasteiger partial charge in [-0.1, -0.05) is 18.2 Å². The van der Waals surface area contributed by atoms with Crippen LogP contribution in [0.3, 0.4) is 0 Å². The van der Waals surface area contributed by atoms with Gasteiger partial charge in [0, 0.05) is 36.6 Å². The Labute approximate surface area is 125 Å². The van der Waals surface area contributed by atoms with Gasteiger partial charge in [0.2, 0.25) is 5.91 Å². The second-order valence-electron chi connectivity index (χ2n) is 5.92. The maximum absolute atomic E-state index is 12.4. The number of ether oxygens (including phenoxy) is 1. The van der Waals surface area contributed by atoms with E-state index < -0.39 is 0 Å². The van der Waals surface area contributed by atoms with Crippen LogP contribution in [0.25, 0.3) is 10.9 Å². The van der Waals surface area contributed by atoms with E-state index in [1.807, 2.05) is 37.1 Å². The van der Waals surface area contributed by atoms with Crippen molar-refractivity contribution < 1.29 is 9.53 Å². The Bertz CT molecular complexity index is 625. The van der Waals surface area contributed by atoms with E-state index in [2.05, 4.69) is 17.1 Å². The van der Waals surface area contributed by atoms with Crippen molar-refractivity contribution in [3.05, 3.63) is 36.0 Å². The molecule has 4 nitrogen and oxygen atoms in total. The molecule has 1 aliphatic heterocycles. The van der Waals surface area contributed by atoms with Crippen molar-refractivity contribution in [2.45, 2.75) is 38.9 Å². The predicted molar refractivity (Wildman–Crippen MR) is 83.2 cm³/mol. The Morgan fingerprint density at radius 3 is 2.76 bits per heavy atom. The number of amides is 1. The Kier molecular flexibility index (Phi) is 3.97. The van der Waals surface area contributed by atoms with Crippen LogP contribution in [-0.2, 0) is 16.0 Å². The third-order valence-corrected chi connectivity index (χ3v) is 4.06. The largest absolute Gasteiger partial charge is 0.372 e. The lowest BCUT2D eigenvalue weighted by Gasteiger charge is -2.35. The summed E-state index contributed by atoms with van der Waals surface area (Å²) in [5.74, 6) is 0.224. The number of H-pyrrole nitrogens is 1. The second kappa shape index (κ2) is 5.90. The van der Waals surface area contributed by atoms with E-state index in [1.165, 1.54) is 10.9 Å². The first-order valence-corrected chi connectivity index (χ1v) is 7.61. The SMILES string of the molecule is CC1CN(C(=O)CCc2c[nH]c3ccccc23)CC(C)O1. The van der Waals surface area contributed by atoms with Crippen LogP contribution < -0.4 is 0 Å². The van der Waals surface area contributed by atoms with Gasteiger partial charge in [-0.05, 0) is 31.9 Å². The Hall–Kier alpha value is -1.81. The molecular formula is C17H22N2O2. The number of carbonyl (C=O) groups is 1. The molecule has 1 aliphatic rings. The number of para-hydroxylation sites is 1. The molecule has 2 heterocycles. The molecular weight excluding hydrogens is 264 g/mol. The number of aromatic amines is 1. The first-order chi connectivity index (χ1) is 10.1. The number of carbonyl (C=O) groups excluding carboxylic acids is 1. The zero-order valence-electron chi connectivity index (χ0n) is 12.6. The normalized spacial score (nSPS) is 22.7. The van der Waals surface area contributed by atoms with Crippen molar-refractivity contribution in [1.82, 2.24) is 9.88 Å². The molecule has 2 atom stereocenters. The highest BCUT2D eigenvalue weighted by Gasteiger charge is 2.25. The van der Waals surface area contributed by atoms with Gasteiger partial charge in [-0.3, -0.25) is 4.79 Å². The van der Waals surface area contributed by atoms with Crippen LogP contribution in [0.2, 0.25) is 0 Å². The smallest absolute Gasteiger partial charge is 0.223 e. The lowest BCUT2D eigenvalue weighted by molar-refractivity contribution is -0.143. The van der Waals surface area contributed by atoms with Crippen molar-refractivity contribution in [2.75, 3.05) is 13.1 Å². The minimum atomic E-state index is 0.130. The number of hydrogen-bond acceptors (Lipinski definition) is 2. The topological polar surface area (TPSA) is 45.3 Å². The molecule has 112 valence electrons. The summed E-state index contributed by atoms with van der Waals surface area (Å²) < 4.78 is 5.68. The molecule has 0 aliphatic carbocycles. The number of morpholine rings is 1. The van der Waals surface area contributed by atoms with Crippen molar-refractivity contribution in [3.63, 3.8) is 0 Å². The zero-order chi connectivity index (χ0) is 14.8. The molecule has 0 radical (unpaired) electrons. The van der Waals surface area contributed by atoms with Crippen molar-refractivity contribution in [1.29, 1.82) is 0 Å². The summed E-state index contributed by atoms with van der Waals surface area (Å²) in [4.78, 5) is 17.6. The Balaban J connectivity index is 1.63. The van der Waals surface area contributed by atoms with Crippen LogP contribution >= 0.6 is 0 Å². The summed E-state index contributed by atoms with van der Waals surface area (Å²) in [7, 11) is 0. The monoisotopic (exact) mass is 286 g/mol. The number of fused-ring (bicyclic) bond motifs is 1. The fourth-order valence-corrected chi connectivity index (χ4v) is 3.12. The molecule has 0 spiro atoms. The zero-order valence-corrected chi connectivity index (χ0v) is 12.6. The van der Waals surface area contributed by atoms with Crippen LogP contribution in [0.1, 0.15) is 25.8 Å². The summed E-state index contributed by atoms with van der Waals surface area (Å²) in [5.41, 5.74) is 2.35. The molecule has 0 saturated carbocycles. The summed E-state index contributed by atoms with van der Waals surface area (Å²) in [6.45, 7) is 5.46. The van der Waals surface area contributed by atoms with Crippen molar-refractivity contribution in [3.8, 4) is 0 Å². The number of hydrogen-bond donors (Lipinski definition) is 1. The van der Waals surface area contributed by atoms with Gasteiger partial charge in [0.05, 0.1) is 12.2 Å². The number of nitrogens with zero attached hydrogens (tertiary/aromatic N) is 1. The molecule has 1 aromatic heterocycles. The standard InChI is InChI=1S/C17H22N2O2/c1-12-10-19(11-13(2)21-12)17(20)8-7-14-9-18-16-6-4-3-5-15(14)16/h3-6,9,12-13,18H,7-8,10-11H2,1-2H3. The highest BCUT2D eigenvalue weighted by molar-refractivity contribution is 5.84. The molecule has 4 heteroatoms. The van der Waals surface area contributed by atoms with E-state index in [0.29, 0.717) is 19.5 Å². The lowest BCUT2D eigenvalue weighted by atomic mass is 10.1. The highest BCUT2D eigenvalue weighted by Crippen LogP contribution is 2.20. The quantitative estimate of drug-likeness (QED) is 0.943. The van der Waals surface area contributed by atoms with E-state index in [9.17, 15) is 4.79 Å². The fourth-order valence-electron chi connectivity index (χ4n) is 3.12. The van der Waals surface area contributed by atoms with E-state index >= 15 is 0 Å². The number of aromatic nitrogens is 1. The van der Waals surface area contributed by atoms with Gasteiger partial charge in [-0.15, -0.1) is 0 Å². The third kappa shape index (κ3) is 3.10. The number of aryl methyl sites for hydroxylation is 1. The average Bonchev–Trinajstić information content (AvgIpc) is 2.87. The van der Waals surface area contributed by atoms with Crippen LogP contribution in [0.5, 0.6) is 0 Å². The molecule has 1 amide bonds. The first-order valence-electron chi connectivity index (χ1n) is 7.61. The molecule has 21 heavy (non-hydrogen) atoms. The number of rotatable bonds is 3. The van der Waals surface area contributed by atoms with Gasteiger partial charge >= 0.3 is 0 Å². The molecule has 2 aromatic rings. The van der Waals surface area contributed by atoms with Crippen molar-refractivity contribution in [2.24, 2.45) is 0 Å². The summed E-state index contributed by atoms with van der Waals surface area (Å²) in [6, 6.07) is 8.22. The number of nitrogens with one attached hydrogen (secondary N) is 1. The molecule has 1 aromatic carbocycles. The van der Waals surface area contributed by atoms with Gasteiger partial charge < -0.3 is 14.6 Å². The molecule has 1 saturated heterocycles. The van der Waals surface area contributed by atoms with Gasteiger partial charge in [-0.2, -0.15) is 0 Å². The fraction of sp³-hybridized carbons (Fsp3) is 0.471. The van der Waals surface area contributed by atoms with Crippen LogP contribution in [-0.4, -0.2) is 41.1 Å². The van der Waals surface area contributed by atoms with Crippen molar-refractivity contribution >= 4 is 16.8 Å². The maximum atomic E-state index is 12.4. The van der Waals surface area contributed by atoms with E-state index in [-0.39, 0.29) is 18.1 Å². The van der Waals surface area contributed by atoms with E-state index in [0.717, 1.165) is 11.9 Å². The van der Waals surface area contributed by atoms with Gasteiger partial charge in [0.15, 0.2) is 0 Å². The first kappa shape index (κ1) is 14.1. The molecule has 2 unspecified atom stereocenters. The molecule has 3 rings (SSSR count). The molecule has 0 bridgehead atoms. The minimum absolute atomic E-state index is 0.130. The summed E-state index contributed by atoms with van der Waals surface area (Å²) >= 11 is 0. The Morgan fingerprint density at radius 2 is 2.00 bits per heavy atom. The number of benzene rings is 1. The minimum Gasteiger partial charge on any atom is -0.372 e. The molecule has 1 N–H and O–H groups in total. The van der Waals surface area contributed by atoms with E-state index in [4.69, 9.17) is 4.74 Å². The third-order valence-electron chi connectivity index (χ3n) is 4.06. The summed E-state index contributed by atoms with van der Waals surface area (Å²) in [6.07, 6.45) is 3.61. The van der Waals surface area contributed by atoms with Crippen LogP contribution in [0, 0.1) is 0 Å². The second-order valence-corrected chi connectivity index (χ2v) is 5.92. The summed E-state index contributed by atoms with van der Waals surface area (Å²) in [5, 5.41) is 1.22. The molecule has 1 fully saturated rings. The average molecular weight is 286 g/mol. The highest BCUT2D eigenvalue weighted by atomic mass is 16.5. The van der Waals surface area contributed by atoms with Gasteiger partial charge in [0.1, 0.15) is 0 Å². The van der Waals surface area contributed by atoms with Gasteiger partial charge in [-0.25, -0.2) is 0 Å².